The second kappa shape index (κ2) is 13.6. The molecule has 0 amide bonds. The maximum Gasteiger partial charge on any atom is 0.306 e. The van der Waals surface area contributed by atoms with Gasteiger partial charge in [0.2, 0.25) is 0 Å². The summed E-state index contributed by atoms with van der Waals surface area (Å²) in [5.74, 6) is -1.77. The van der Waals surface area contributed by atoms with Crippen LogP contribution in [0, 0.1) is 0 Å². The first-order valence-corrected chi connectivity index (χ1v) is 12.7. The van der Waals surface area contributed by atoms with Crippen molar-refractivity contribution in [1.82, 2.24) is 0 Å². The van der Waals surface area contributed by atoms with Crippen LogP contribution < -0.4 is 0 Å². The summed E-state index contributed by atoms with van der Waals surface area (Å²) in [5, 5.41) is 0. The maximum absolute atomic E-state index is 12.4. The van der Waals surface area contributed by atoms with Gasteiger partial charge < -0.3 is 9.47 Å². The van der Waals surface area contributed by atoms with Crippen LogP contribution in [-0.4, -0.2) is 36.7 Å². The van der Waals surface area contributed by atoms with Gasteiger partial charge in [0, 0.05) is 24.0 Å². The summed E-state index contributed by atoms with van der Waals surface area (Å²) >= 11 is 0. The highest BCUT2D eigenvalue weighted by atomic mass is 16.5. The summed E-state index contributed by atoms with van der Waals surface area (Å²) in [7, 11) is 0. The highest BCUT2D eigenvalue weighted by Gasteiger charge is 2.13. The van der Waals surface area contributed by atoms with Crippen LogP contribution in [0.5, 0.6) is 0 Å². The van der Waals surface area contributed by atoms with Gasteiger partial charge >= 0.3 is 11.9 Å². The summed E-state index contributed by atoms with van der Waals surface area (Å²) in [5.41, 5.74) is 4.96. The predicted molar refractivity (Wildman–Crippen MR) is 148 cm³/mol. The molecule has 6 heteroatoms. The van der Waals surface area contributed by atoms with E-state index in [1.54, 1.807) is 24.3 Å². The summed E-state index contributed by atoms with van der Waals surface area (Å²) < 4.78 is 10.1. The molecule has 4 rings (SSSR count). The van der Waals surface area contributed by atoms with Crippen LogP contribution in [0.4, 0.5) is 0 Å². The molecular weight excluding hydrogens is 492 g/mol. The average Bonchev–Trinajstić information content (AvgIpc) is 2.99. The molecule has 0 atom stereocenters. The van der Waals surface area contributed by atoms with Gasteiger partial charge in [-0.05, 0) is 28.7 Å². The van der Waals surface area contributed by atoms with Gasteiger partial charge in [-0.25, -0.2) is 0 Å². The Morgan fingerprint density at radius 2 is 0.769 bits per heavy atom. The van der Waals surface area contributed by atoms with Crippen LogP contribution >= 0.6 is 0 Å². The van der Waals surface area contributed by atoms with Gasteiger partial charge in [-0.3, -0.25) is 19.2 Å². The van der Waals surface area contributed by atoms with Gasteiger partial charge in [0.15, 0.2) is 24.8 Å². The smallest absolute Gasteiger partial charge is 0.306 e. The first kappa shape index (κ1) is 27.2. The van der Waals surface area contributed by atoms with Crippen molar-refractivity contribution in [1.29, 1.82) is 0 Å². The molecule has 0 saturated heterocycles. The van der Waals surface area contributed by atoms with E-state index in [1.807, 2.05) is 84.9 Å². The Morgan fingerprint density at radius 1 is 0.436 bits per heavy atom. The molecule has 0 unspecified atom stereocenters. The number of esters is 2. The van der Waals surface area contributed by atoms with E-state index in [0.717, 1.165) is 22.3 Å². The SMILES string of the molecule is O=C(CCCC(=O)OCC(=O)c1ccc(-c2ccccc2)cc1)OCC(=O)c1ccc(-c2ccccc2)cc1. The molecule has 6 nitrogen and oxygen atoms in total. The minimum atomic E-state index is -0.577. The van der Waals surface area contributed by atoms with Crippen molar-refractivity contribution in [3.05, 3.63) is 120 Å². The molecule has 0 fully saturated rings. The molecule has 0 aromatic heterocycles. The van der Waals surface area contributed by atoms with Gasteiger partial charge in [0.05, 0.1) is 0 Å². The lowest BCUT2D eigenvalue weighted by molar-refractivity contribution is -0.144. The lowest BCUT2D eigenvalue weighted by Gasteiger charge is -2.07. The van der Waals surface area contributed by atoms with E-state index in [-0.39, 0.29) is 44.0 Å². The van der Waals surface area contributed by atoms with E-state index < -0.39 is 11.9 Å². The number of hydrogen-bond acceptors (Lipinski definition) is 6. The monoisotopic (exact) mass is 520 g/mol. The molecule has 4 aromatic carbocycles. The average molecular weight is 521 g/mol. The van der Waals surface area contributed by atoms with Gasteiger partial charge in [-0.1, -0.05) is 109 Å². The van der Waals surface area contributed by atoms with Crippen molar-refractivity contribution >= 4 is 23.5 Å². The lowest BCUT2D eigenvalue weighted by Crippen LogP contribution is -2.16. The summed E-state index contributed by atoms with van der Waals surface area (Å²) in [6.07, 6.45) is 0.117. The quantitative estimate of drug-likeness (QED) is 0.160. The first-order valence-electron chi connectivity index (χ1n) is 12.7. The summed E-state index contributed by atoms with van der Waals surface area (Å²) in [6.45, 7) is -0.739. The van der Waals surface area contributed by atoms with Crippen LogP contribution in [-0.2, 0) is 19.1 Å². The molecule has 196 valence electrons. The van der Waals surface area contributed by atoms with Crippen molar-refractivity contribution in [2.75, 3.05) is 13.2 Å². The molecule has 0 N–H and O–H groups in total. The fourth-order valence-corrected chi connectivity index (χ4v) is 3.94. The fraction of sp³-hybridized carbons (Fsp3) is 0.152. The molecule has 0 spiro atoms. The molecular formula is C33H28O6. The van der Waals surface area contributed by atoms with Crippen LogP contribution in [0.3, 0.4) is 0 Å². The van der Waals surface area contributed by atoms with Crippen molar-refractivity contribution < 1.29 is 28.7 Å². The lowest BCUT2D eigenvalue weighted by atomic mass is 10.0. The second-order valence-corrected chi connectivity index (χ2v) is 8.91. The Balaban J connectivity index is 1.12. The largest absolute Gasteiger partial charge is 0.457 e. The van der Waals surface area contributed by atoms with Crippen LogP contribution in [0.1, 0.15) is 40.0 Å². The van der Waals surface area contributed by atoms with E-state index in [1.165, 1.54) is 0 Å². The summed E-state index contributed by atoms with van der Waals surface area (Å²) in [6, 6.07) is 33.8. The number of carbonyl (C=O) groups is 4. The summed E-state index contributed by atoms with van der Waals surface area (Å²) in [4.78, 5) is 48.7. The van der Waals surface area contributed by atoms with E-state index in [4.69, 9.17) is 9.47 Å². The minimum Gasteiger partial charge on any atom is -0.457 e. The molecule has 0 aliphatic rings. The number of carbonyl (C=O) groups excluding carboxylic acids is 4. The number of ketones is 2. The number of Topliss-reactive ketones (excluding diaryl/α,β-unsaturated/α-hetero) is 2. The van der Waals surface area contributed by atoms with Gasteiger partial charge in [0.1, 0.15) is 0 Å². The van der Waals surface area contributed by atoms with E-state index in [9.17, 15) is 19.2 Å². The number of benzene rings is 4. The van der Waals surface area contributed by atoms with Crippen LogP contribution in [0.15, 0.2) is 109 Å². The standard InChI is InChI=1S/C33H28O6/c34-30(28-18-14-26(15-19-28)24-8-3-1-4-9-24)22-38-32(36)12-7-13-33(37)39-23-31(35)29-20-16-27(17-21-29)25-10-5-2-6-11-25/h1-6,8-11,14-21H,7,12-13,22-23H2. The molecule has 39 heavy (non-hydrogen) atoms. The Labute approximate surface area is 227 Å². The van der Waals surface area contributed by atoms with Crippen LogP contribution in [0.25, 0.3) is 22.3 Å². The number of ether oxygens (including phenoxy) is 2. The maximum atomic E-state index is 12.4. The molecule has 0 saturated carbocycles. The molecule has 0 radical (unpaired) electrons. The van der Waals surface area contributed by atoms with Crippen molar-refractivity contribution in [3.8, 4) is 22.3 Å². The predicted octanol–water partition coefficient (Wildman–Crippen LogP) is 6.34. The third-order valence-corrected chi connectivity index (χ3v) is 6.12. The number of hydrogen-bond donors (Lipinski definition) is 0. The second-order valence-electron chi connectivity index (χ2n) is 8.91. The Morgan fingerprint density at radius 3 is 1.13 bits per heavy atom. The third kappa shape index (κ3) is 8.07. The zero-order valence-electron chi connectivity index (χ0n) is 21.4. The number of rotatable bonds is 12. The minimum absolute atomic E-state index is 0.0375. The van der Waals surface area contributed by atoms with Gasteiger partial charge in [-0.2, -0.15) is 0 Å². The van der Waals surface area contributed by atoms with Crippen molar-refractivity contribution in [2.24, 2.45) is 0 Å². The van der Waals surface area contributed by atoms with E-state index in [0.29, 0.717) is 11.1 Å². The zero-order chi connectivity index (χ0) is 27.5. The normalized spacial score (nSPS) is 10.5. The fourth-order valence-electron chi connectivity index (χ4n) is 3.94. The van der Waals surface area contributed by atoms with Crippen molar-refractivity contribution in [3.63, 3.8) is 0 Å². The van der Waals surface area contributed by atoms with Gasteiger partial charge in [-0.15, -0.1) is 0 Å². The van der Waals surface area contributed by atoms with E-state index in [2.05, 4.69) is 0 Å². The zero-order valence-corrected chi connectivity index (χ0v) is 21.4. The highest BCUT2D eigenvalue weighted by Crippen LogP contribution is 2.20. The molecule has 0 heterocycles. The topological polar surface area (TPSA) is 86.7 Å². The van der Waals surface area contributed by atoms with Crippen molar-refractivity contribution in [2.45, 2.75) is 19.3 Å². The first-order chi connectivity index (χ1) is 19.0. The Kier molecular flexibility index (Phi) is 9.51. The Bertz CT molecular complexity index is 1300. The van der Waals surface area contributed by atoms with Gasteiger partial charge in [0.25, 0.3) is 0 Å². The highest BCUT2D eigenvalue weighted by molar-refractivity contribution is 5.99. The molecule has 4 aromatic rings. The molecule has 0 aliphatic heterocycles. The molecule has 0 bridgehead atoms. The third-order valence-electron chi connectivity index (χ3n) is 6.12. The van der Waals surface area contributed by atoms with Crippen LogP contribution in [0.2, 0.25) is 0 Å². The van der Waals surface area contributed by atoms with E-state index >= 15 is 0 Å². The molecule has 0 aliphatic carbocycles. The Hall–Kier alpha value is -4.84.